The van der Waals surface area contributed by atoms with Crippen molar-refractivity contribution in [1.29, 1.82) is 5.26 Å². The van der Waals surface area contributed by atoms with Gasteiger partial charge in [0.05, 0.1) is 18.6 Å². The molecule has 1 atom stereocenters. The van der Waals surface area contributed by atoms with Gasteiger partial charge in [-0.3, -0.25) is 4.90 Å². The molecule has 1 N–H and O–H groups in total. The Labute approximate surface area is 109 Å². The Bertz CT molecular complexity index is 395. The third kappa shape index (κ3) is 3.10. The van der Waals surface area contributed by atoms with Crippen LogP contribution >= 0.6 is 0 Å². The summed E-state index contributed by atoms with van der Waals surface area (Å²) in [5.74, 6) is -0.0988. The van der Waals surface area contributed by atoms with Crippen molar-refractivity contribution in [3.8, 4) is 6.07 Å². The fraction of sp³-hybridized carbons (Fsp3) is 0.533. The molecule has 0 saturated heterocycles. The van der Waals surface area contributed by atoms with Crippen LogP contribution in [-0.2, 0) is 0 Å². The summed E-state index contributed by atoms with van der Waals surface area (Å²) < 4.78 is 0. The number of aliphatic hydroxyl groups is 1. The predicted octanol–water partition coefficient (Wildman–Crippen LogP) is 2.14. The van der Waals surface area contributed by atoms with Crippen molar-refractivity contribution < 1.29 is 5.11 Å². The van der Waals surface area contributed by atoms with Crippen molar-refractivity contribution in [1.82, 2.24) is 4.90 Å². The van der Waals surface area contributed by atoms with E-state index in [9.17, 15) is 5.26 Å². The van der Waals surface area contributed by atoms with Crippen molar-refractivity contribution in [2.24, 2.45) is 0 Å². The van der Waals surface area contributed by atoms with E-state index in [4.69, 9.17) is 5.11 Å². The summed E-state index contributed by atoms with van der Waals surface area (Å²) in [6.07, 6.45) is 3.68. The van der Waals surface area contributed by atoms with Crippen LogP contribution < -0.4 is 0 Å². The molecule has 1 saturated carbocycles. The zero-order chi connectivity index (χ0) is 12.8. The maximum atomic E-state index is 9.33. The first-order valence-electron chi connectivity index (χ1n) is 6.64. The molecular weight excluding hydrogens is 224 g/mol. The second-order valence-corrected chi connectivity index (χ2v) is 4.90. The normalized spacial score (nSPS) is 17.2. The molecule has 96 valence electrons. The SMILES string of the molecule is N#CC(CN(CCO)C1CCC1)c1ccccc1. The molecule has 3 heteroatoms. The molecule has 1 fully saturated rings. The molecule has 1 unspecified atom stereocenters. The van der Waals surface area contributed by atoms with Crippen LogP contribution in [0.25, 0.3) is 0 Å². The van der Waals surface area contributed by atoms with Gasteiger partial charge in [-0.1, -0.05) is 36.8 Å². The number of rotatable bonds is 6. The van der Waals surface area contributed by atoms with Crippen molar-refractivity contribution in [2.75, 3.05) is 19.7 Å². The van der Waals surface area contributed by atoms with Gasteiger partial charge in [0.2, 0.25) is 0 Å². The zero-order valence-electron chi connectivity index (χ0n) is 10.6. The number of hydrogen-bond donors (Lipinski definition) is 1. The summed E-state index contributed by atoms with van der Waals surface area (Å²) in [5.41, 5.74) is 1.07. The van der Waals surface area contributed by atoms with Gasteiger partial charge in [-0.05, 0) is 18.4 Å². The minimum atomic E-state index is -0.0988. The molecule has 2 rings (SSSR count). The highest BCUT2D eigenvalue weighted by molar-refractivity contribution is 5.25. The zero-order valence-corrected chi connectivity index (χ0v) is 10.6. The topological polar surface area (TPSA) is 47.3 Å². The molecule has 18 heavy (non-hydrogen) atoms. The quantitative estimate of drug-likeness (QED) is 0.834. The Balaban J connectivity index is 2.02. The molecule has 3 nitrogen and oxygen atoms in total. The molecule has 0 bridgehead atoms. The summed E-state index contributed by atoms with van der Waals surface area (Å²) in [7, 11) is 0. The summed E-state index contributed by atoms with van der Waals surface area (Å²) in [4.78, 5) is 2.27. The van der Waals surface area contributed by atoms with E-state index >= 15 is 0 Å². The lowest BCUT2D eigenvalue weighted by atomic mass is 9.90. The largest absolute Gasteiger partial charge is 0.395 e. The number of hydrogen-bond acceptors (Lipinski definition) is 3. The molecule has 0 radical (unpaired) electrons. The lowest BCUT2D eigenvalue weighted by Crippen LogP contribution is -2.43. The number of nitrogens with zero attached hydrogens (tertiary/aromatic N) is 2. The first-order valence-corrected chi connectivity index (χ1v) is 6.64. The van der Waals surface area contributed by atoms with Crippen LogP contribution in [0, 0.1) is 11.3 Å². The van der Waals surface area contributed by atoms with Gasteiger partial charge in [0.1, 0.15) is 0 Å². The van der Waals surface area contributed by atoms with Crippen molar-refractivity contribution in [2.45, 2.75) is 31.2 Å². The summed E-state index contributed by atoms with van der Waals surface area (Å²) in [6.45, 7) is 1.57. The summed E-state index contributed by atoms with van der Waals surface area (Å²) in [5, 5.41) is 18.5. The minimum absolute atomic E-state index is 0.0988. The summed E-state index contributed by atoms with van der Waals surface area (Å²) in [6, 6.07) is 12.9. The van der Waals surface area contributed by atoms with Gasteiger partial charge in [-0.15, -0.1) is 0 Å². The van der Waals surface area contributed by atoms with E-state index in [0.717, 1.165) is 12.1 Å². The van der Waals surface area contributed by atoms with Crippen LogP contribution in [0.2, 0.25) is 0 Å². The average molecular weight is 244 g/mol. The van der Waals surface area contributed by atoms with E-state index in [1.807, 2.05) is 30.3 Å². The maximum absolute atomic E-state index is 9.33. The second-order valence-electron chi connectivity index (χ2n) is 4.90. The molecule has 0 spiro atoms. The van der Waals surface area contributed by atoms with E-state index in [1.165, 1.54) is 19.3 Å². The molecule has 0 aromatic heterocycles. The molecule has 0 amide bonds. The fourth-order valence-corrected chi connectivity index (χ4v) is 2.44. The Kier molecular flexibility index (Phi) is 4.74. The van der Waals surface area contributed by atoms with Crippen molar-refractivity contribution in [3.05, 3.63) is 35.9 Å². The van der Waals surface area contributed by atoms with Crippen molar-refractivity contribution in [3.63, 3.8) is 0 Å². The van der Waals surface area contributed by atoms with Gasteiger partial charge in [0.15, 0.2) is 0 Å². The third-order valence-corrected chi connectivity index (χ3v) is 3.75. The van der Waals surface area contributed by atoms with Gasteiger partial charge < -0.3 is 5.11 Å². The molecule has 0 aliphatic heterocycles. The van der Waals surface area contributed by atoms with Crippen molar-refractivity contribution >= 4 is 0 Å². The third-order valence-electron chi connectivity index (χ3n) is 3.75. The van der Waals surface area contributed by atoms with Crippen LogP contribution in [0.15, 0.2) is 30.3 Å². The monoisotopic (exact) mass is 244 g/mol. The average Bonchev–Trinajstić information content (AvgIpc) is 2.35. The lowest BCUT2D eigenvalue weighted by Gasteiger charge is -2.38. The summed E-state index contributed by atoms with van der Waals surface area (Å²) >= 11 is 0. The number of benzene rings is 1. The van der Waals surface area contributed by atoms with Crippen LogP contribution in [-0.4, -0.2) is 35.7 Å². The molecule has 0 heterocycles. The Morgan fingerprint density at radius 2 is 2.06 bits per heavy atom. The predicted molar refractivity (Wildman–Crippen MR) is 71.1 cm³/mol. The lowest BCUT2D eigenvalue weighted by molar-refractivity contribution is 0.0994. The van der Waals surface area contributed by atoms with E-state index in [1.54, 1.807) is 0 Å². The van der Waals surface area contributed by atoms with Gasteiger partial charge in [0.25, 0.3) is 0 Å². The fourth-order valence-electron chi connectivity index (χ4n) is 2.44. The number of aliphatic hydroxyl groups excluding tert-OH is 1. The molecule has 1 aliphatic carbocycles. The van der Waals surface area contributed by atoms with Crippen LogP contribution in [0.5, 0.6) is 0 Å². The van der Waals surface area contributed by atoms with Crippen LogP contribution in [0.1, 0.15) is 30.7 Å². The standard InChI is InChI=1S/C15H20N2O/c16-11-14(13-5-2-1-3-6-13)12-17(9-10-18)15-7-4-8-15/h1-3,5-6,14-15,18H,4,7-10,12H2. The van der Waals surface area contributed by atoms with Gasteiger partial charge >= 0.3 is 0 Å². The minimum Gasteiger partial charge on any atom is -0.395 e. The van der Waals surface area contributed by atoms with Crippen LogP contribution in [0.3, 0.4) is 0 Å². The van der Waals surface area contributed by atoms with Gasteiger partial charge in [-0.2, -0.15) is 5.26 Å². The molecule has 1 aromatic carbocycles. The Morgan fingerprint density at radius 3 is 2.56 bits per heavy atom. The van der Waals surface area contributed by atoms with E-state index < -0.39 is 0 Å². The maximum Gasteiger partial charge on any atom is 0.0839 e. The smallest absolute Gasteiger partial charge is 0.0839 e. The van der Waals surface area contributed by atoms with E-state index in [0.29, 0.717) is 12.6 Å². The Morgan fingerprint density at radius 1 is 1.33 bits per heavy atom. The van der Waals surface area contributed by atoms with Crippen LogP contribution in [0.4, 0.5) is 0 Å². The van der Waals surface area contributed by atoms with E-state index in [2.05, 4.69) is 11.0 Å². The van der Waals surface area contributed by atoms with Gasteiger partial charge in [0, 0.05) is 19.1 Å². The first-order chi connectivity index (χ1) is 8.85. The highest BCUT2D eigenvalue weighted by Crippen LogP contribution is 2.27. The first kappa shape index (κ1) is 13.1. The Hall–Kier alpha value is -1.37. The molecule has 1 aliphatic rings. The highest BCUT2D eigenvalue weighted by Gasteiger charge is 2.26. The highest BCUT2D eigenvalue weighted by atomic mass is 16.3. The number of nitriles is 1. The van der Waals surface area contributed by atoms with E-state index in [-0.39, 0.29) is 12.5 Å². The molecular formula is C15H20N2O. The molecule has 1 aromatic rings. The second kappa shape index (κ2) is 6.53. The van der Waals surface area contributed by atoms with Gasteiger partial charge in [-0.25, -0.2) is 0 Å².